The standard InChI is InChI=1S/C19H15N3O2S/c23-19(17-11-13-5-1-2-8-16(13)25-17)21-14-6-3-7-15(12-14)24-18-9-4-10-20-22-18/h1-10,12,17H,11H2,(H,21,23). The molecule has 124 valence electrons. The second-order valence-electron chi connectivity index (χ2n) is 5.60. The van der Waals surface area contributed by atoms with E-state index in [0.29, 0.717) is 17.3 Å². The van der Waals surface area contributed by atoms with Gasteiger partial charge in [-0.1, -0.05) is 24.3 Å². The van der Waals surface area contributed by atoms with Crippen molar-refractivity contribution in [1.82, 2.24) is 10.2 Å². The lowest BCUT2D eigenvalue weighted by molar-refractivity contribution is -0.115. The summed E-state index contributed by atoms with van der Waals surface area (Å²) in [5.74, 6) is 1.01. The van der Waals surface area contributed by atoms with Crippen LogP contribution in [0.15, 0.2) is 71.8 Å². The molecule has 1 atom stereocenters. The van der Waals surface area contributed by atoms with E-state index in [9.17, 15) is 4.79 Å². The number of nitrogens with zero attached hydrogens (tertiary/aromatic N) is 2. The van der Waals surface area contributed by atoms with Crippen LogP contribution in [0, 0.1) is 0 Å². The van der Waals surface area contributed by atoms with Crippen LogP contribution in [0.2, 0.25) is 0 Å². The summed E-state index contributed by atoms with van der Waals surface area (Å²) in [5.41, 5.74) is 1.93. The summed E-state index contributed by atoms with van der Waals surface area (Å²) in [6.07, 6.45) is 2.34. The summed E-state index contributed by atoms with van der Waals surface area (Å²) < 4.78 is 5.65. The van der Waals surface area contributed by atoms with Gasteiger partial charge in [-0.25, -0.2) is 0 Å². The predicted molar refractivity (Wildman–Crippen MR) is 97.0 cm³/mol. The minimum Gasteiger partial charge on any atom is -0.437 e. The number of thioether (sulfide) groups is 1. The minimum atomic E-state index is -0.109. The number of hydrogen-bond acceptors (Lipinski definition) is 5. The average Bonchev–Trinajstić information content (AvgIpc) is 3.07. The van der Waals surface area contributed by atoms with E-state index in [1.807, 2.05) is 30.3 Å². The van der Waals surface area contributed by atoms with Gasteiger partial charge in [-0.2, -0.15) is 5.10 Å². The van der Waals surface area contributed by atoms with Gasteiger partial charge in [-0.3, -0.25) is 4.79 Å². The van der Waals surface area contributed by atoms with E-state index >= 15 is 0 Å². The quantitative estimate of drug-likeness (QED) is 0.773. The van der Waals surface area contributed by atoms with Gasteiger partial charge in [-0.05, 0) is 36.2 Å². The summed E-state index contributed by atoms with van der Waals surface area (Å²) in [4.78, 5) is 13.7. The number of hydrogen-bond donors (Lipinski definition) is 1. The zero-order chi connectivity index (χ0) is 17.1. The monoisotopic (exact) mass is 349 g/mol. The van der Waals surface area contributed by atoms with Crippen molar-refractivity contribution in [2.45, 2.75) is 16.6 Å². The van der Waals surface area contributed by atoms with Crippen molar-refractivity contribution in [2.24, 2.45) is 0 Å². The second-order valence-corrected chi connectivity index (χ2v) is 6.84. The largest absolute Gasteiger partial charge is 0.437 e. The highest BCUT2D eigenvalue weighted by molar-refractivity contribution is 8.01. The fraction of sp³-hybridized carbons (Fsp3) is 0.105. The molecule has 0 saturated carbocycles. The van der Waals surface area contributed by atoms with Gasteiger partial charge < -0.3 is 10.1 Å². The smallest absolute Gasteiger partial charge is 0.238 e. The maximum Gasteiger partial charge on any atom is 0.238 e. The summed E-state index contributed by atoms with van der Waals surface area (Å²) in [6, 6.07) is 18.9. The number of anilines is 1. The molecule has 0 radical (unpaired) electrons. The second kappa shape index (κ2) is 6.94. The molecule has 3 aromatic rings. The topological polar surface area (TPSA) is 64.1 Å². The number of amides is 1. The molecule has 2 aromatic carbocycles. The number of ether oxygens (including phenoxy) is 1. The molecule has 25 heavy (non-hydrogen) atoms. The average molecular weight is 349 g/mol. The molecule has 0 bridgehead atoms. The molecule has 4 rings (SSSR count). The zero-order valence-corrected chi connectivity index (χ0v) is 14.1. The van der Waals surface area contributed by atoms with Crippen molar-refractivity contribution in [3.05, 3.63) is 72.4 Å². The molecule has 1 amide bonds. The van der Waals surface area contributed by atoms with Crippen LogP contribution in [0.3, 0.4) is 0 Å². The Labute approximate surface area is 149 Å². The molecular weight excluding hydrogens is 334 g/mol. The highest BCUT2D eigenvalue weighted by Gasteiger charge is 2.27. The molecule has 0 aliphatic carbocycles. The fourth-order valence-corrected chi connectivity index (χ4v) is 3.85. The Balaban J connectivity index is 1.43. The molecule has 2 heterocycles. The molecular formula is C19H15N3O2S. The molecule has 1 aromatic heterocycles. The van der Waals surface area contributed by atoms with Crippen molar-refractivity contribution in [1.29, 1.82) is 0 Å². The first-order chi connectivity index (χ1) is 12.3. The van der Waals surface area contributed by atoms with E-state index in [4.69, 9.17) is 4.74 Å². The van der Waals surface area contributed by atoms with Crippen LogP contribution in [-0.2, 0) is 11.2 Å². The lowest BCUT2D eigenvalue weighted by Crippen LogP contribution is -2.24. The number of benzene rings is 2. The minimum absolute atomic E-state index is 0.00199. The number of carbonyl (C=O) groups is 1. The zero-order valence-electron chi connectivity index (χ0n) is 13.3. The molecule has 1 aliphatic rings. The van der Waals surface area contributed by atoms with E-state index in [0.717, 1.165) is 6.42 Å². The van der Waals surface area contributed by atoms with Crippen molar-refractivity contribution in [2.75, 3.05) is 5.32 Å². The summed E-state index contributed by atoms with van der Waals surface area (Å²) in [6.45, 7) is 0. The van der Waals surface area contributed by atoms with Gasteiger partial charge in [0.15, 0.2) is 0 Å². The number of rotatable bonds is 4. The van der Waals surface area contributed by atoms with E-state index in [2.05, 4.69) is 27.6 Å². The fourth-order valence-electron chi connectivity index (χ4n) is 2.65. The van der Waals surface area contributed by atoms with E-state index in [1.54, 1.807) is 36.2 Å². The van der Waals surface area contributed by atoms with Crippen LogP contribution < -0.4 is 10.1 Å². The first kappa shape index (κ1) is 15.7. The molecule has 5 nitrogen and oxygen atoms in total. The number of fused-ring (bicyclic) bond motifs is 1. The van der Waals surface area contributed by atoms with Gasteiger partial charge in [0.1, 0.15) is 5.75 Å². The third kappa shape index (κ3) is 3.64. The highest BCUT2D eigenvalue weighted by atomic mass is 32.2. The molecule has 1 N–H and O–H groups in total. The van der Waals surface area contributed by atoms with Crippen molar-refractivity contribution >= 4 is 23.4 Å². The molecule has 1 aliphatic heterocycles. The molecule has 0 saturated heterocycles. The Kier molecular flexibility index (Phi) is 4.35. The predicted octanol–water partition coefficient (Wildman–Crippen LogP) is 3.92. The van der Waals surface area contributed by atoms with Gasteiger partial charge in [0.25, 0.3) is 0 Å². The third-order valence-electron chi connectivity index (χ3n) is 3.81. The Bertz CT molecular complexity index is 877. The summed E-state index contributed by atoms with van der Waals surface area (Å²) in [7, 11) is 0. The lowest BCUT2D eigenvalue weighted by atomic mass is 10.1. The van der Waals surface area contributed by atoms with Crippen molar-refractivity contribution in [3.63, 3.8) is 0 Å². The van der Waals surface area contributed by atoms with Crippen LogP contribution in [0.4, 0.5) is 5.69 Å². The third-order valence-corrected chi connectivity index (χ3v) is 5.13. The van der Waals surface area contributed by atoms with Crippen molar-refractivity contribution < 1.29 is 9.53 Å². The Morgan fingerprint density at radius 2 is 2.04 bits per heavy atom. The maximum atomic E-state index is 12.6. The molecule has 0 spiro atoms. The SMILES string of the molecule is O=C(Nc1cccc(Oc2cccnn2)c1)C1Cc2ccccc2S1. The summed E-state index contributed by atoms with van der Waals surface area (Å²) >= 11 is 1.61. The van der Waals surface area contributed by atoms with E-state index in [-0.39, 0.29) is 11.2 Å². The number of carbonyl (C=O) groups excluding carboxylic acids is 1. The van der Waals surface area contributed by atoms with Crippen LogP contribution in [-0.4, -0.2) is 21.4 Å². The van der Waals surface area contributed by atoms with Gasteiger partial charge in [-0.15, -0.1) is 16.9 Å². The highest BCUT2D eigenvalue weighted by Crippen LogP contribution is 2.37. The van der Waals surface area contributed by atoms with Crippen LogP contribution >= 0.6 is 11.8 Å². The van der Waals surface area contributed by atoms with Gasteiger partial charge in [0, 0.05) is 28.9 Å². The van der Waals surface area contributed by atoms with Crippen LogP contribution in [0.5, 0.6) is 11.6 Å². The van der Waals surface area contributed by atoms with E-state index < -0.39 is 0 Å². The Morgan fingerprint density at radius 3 is 2.88 bits per heavy atom. The lowest BCUT2D eigenvalue weighted by Gasteiger charge is -2.11. The first-order valence-electron chi connectivity index (χ1n) is 7.89. The molecule has 0 fully saturated rings. The first-order valence-corrected chi connectivity index (χ1v) is 8.77. The van der Waals surface area contributed by atoms with Gasteiger partial charge >= 0.3 is 0 Å². The van der Waals surface area contributed by atoms with Crippen molar-refractivity contribution in [3.8, 4) is 11.6 Å². The number of aromatic nitrogens is 2. The Morgan fingerprint density at radius 1 is 1.12 bits per heavy atom. The van der Waals surface area contributed by atoms with E-state index in [1.165, 1.54) is 10.5 Å². The van der Waals surface area contributed by atoms with Crippen LogP contribution in [0.25, 0.3) is 0 Å². The van der Waals surface area contributed by atoms with Crippen LogP contribution in [0.1, 0.15) is 5.56 Å². The normalized spacial score (nSPS) is 15.4. The molecule has 1 unspecified atom stereocenters. The van der Waals surface area contributed by atoms with Gasteiger partial charge in [0.05, 0.1) is 5.25 Å². The summed E-state index contributed by atoms with van der Waals surface area (Å²) in [5, 5.41) is 10.5. The number of nitrogens with one attached hydrogen (secondary N) is 1. The Hall–Kier alpha value is -2.86. The maximum absolute atomic E-state index is 12.6. The van der Waals surface area contributed by atoms with Gasteiger partial charge in [0.2, 0.25) is 11.8 Å². The molecule has 6 heteroatoms.